The van der Waals surface area contributed by atoms with E-state index < -0.39 is 0 Å². The first-order valence-corrected chi connectivity index (χ1v) is 6.58. The number of hydrogen-bond donors (Lipinski definition) is 1. The SMILES string of the molecule is CCOc1cc(CC(C)N)ccc1OCc1ncon1. The van der Waals surface area contributed by atoms with Crippen molar-refractivity contribution in [3.8, 4) is 11.5 Å². The molecular weight excluding hydrogens is 258 g/mol. The van der Waals surface area contributed by atoms with Gasteiger partial charge in [-0.1, -0.05) is 11.2 Å². The number of nitrogens with zero attached hydrogens (tertiary/aromatic N) is 2. The minimum absolute atomic E-state index is 0.107. The van der Waals surface area contributed by atoms with Gasteiger partial charge in [-0.15, -0.1) is 0 Å². The Bertz CT molecular complexity index is 526. The molecule has 0 saturated heterocycles. The van der Waals surface area contributed by atoms with Crippen LogP contribution in [0, 0.1) is 0 Å². The monoisotopic (exact) mass is 277 g/mol. The highest BCUT2D eigenvalue weighted by Gasteiger charge is 2.09. The smallest absolute Gasteiger partial charge is 0.213 e. The maximum absolute atomic E-state index is 5.81. The van der Waals surface area contributed by atoms with E-state index in [0.29, 0.717) is 23.9 Å². The van der Waals surface area contributed by atoms with Gasteiger partial charge in [-0.25, -0.2) is 0 Å². The minimum Gasteiger partial charge on any atom is -0.490 e. The molecule has 0 aliphatic heterocycles. The molecule has 0 aliphatic rings. The van der Waals surface area contributed by atoms with Gasteiger partial charge < -0.3 is 19.7 Å². The van der Waals surface area contributed by atoms with Crippen LogP contribution in [0.3, 0.4) is 0 Å². The molecule has 2 rings (SSSR count). The lowest BCUT2D eigenvalue weighted by Gasteiger charge is -2.13. The van der Waals surface area contributed by atoms with Crippen LogP contribution in [0.15, 0.2) is 29.1 Å². The number of nitrogens with two attached hydrogens (primary N) is 1. The summed E-state index contributed by atoms with van der Waals surface area (Å²) < 4.78 is 15.9. The molecule has 6 heteroatoms. The molecule has 1 unspecified atom stereocenters. The van der Waals surface area contributed by atoms with Gasteiger partial charge in [0.2, 0.25) is 12.2 Å². The summed E-state index contributed by atoms with van der Waals surface area (Å²) >= 11 is 0. The third-order valence-electron chi connectivity index (χ3n) is 2.63. The highest BCUT2D eigenvalue weighted by Crippen LogP contribution is 2.29. The summed E-state index contributed by atoms with van der Waals surface area (Å²) in [6.45, 7) is 4.71. The molecule has 0 aliphatic carbocycles. The van der Waals surface area contributed by atoms with Gasteiger partial charge in [0.25, 0.3) is 0 Å². The molecule has 6 nitrogen and oxygen atoms in total. The van der Waals surface area contributed by atoms with Crippen LogP contribution in [0.2, 0.25) is 0 Å². The van der Waals surface area contributed by atoms with Crippen molar-refractivity contribution in [2.24, 2.45) is 5.73 Å². The molecule has 0 bridgehead atoms. The molecule has 0 spiro atoms. The Morgan fingerprint density at radius 2 is 2.15 bits per heavy atom. The van der Waals surface area contributed by atoms with Crippen LogP contribution in [-0.4, -0.2) is 22.8 Å². The maximum atomic E-state index is 5.81. The minimum atomic E-state index is 0.107. The average molecular weight is 277 g/mol. The molecule has 0 fully saturated rings. The topological polar surface area (TPSA) is 83.4 Å². The lowest BCUT2D eigenvalue weighted by Crippen LogP contribution is -2.17. The van der Waals surface area contributed by atoms with Crippen molar-refractivity contribution in [1.82, 2.24) is 10.1 Å². The van der Waals surface area contributed by atoms with Crippen LogP contribution in [0.1, 0.15) is 25.2 Å². The molecule has 1 aromatic heterocycles. The van der Waals surface area contributed by atoms with Crippen molar-refractivity contribution in [3.63, 3.8) is 0 Å². The van der Waals surface area contributed by atoms with Crippen molar-refractivity contribution >= 4 is 0 Å². The van der Waals surface area contributed by atoms with Gasteiger partial charge in [-0.05, 0) is 38.0 Å². The van der Waals surface area contributed by atoms with E-state index in [-0.39, 0.29) is 12.6 Å². The first-order chi connectivity index (χ1) is 9.69. The van der Waals surface area contributed by atoms with Gasteiger partial charge in [0, 0.05) is 6.04 Å². The molecule has 108 valence electrons. The lowest BCUT2D eigenvalue weighted by atomic mass is 10.1. The van der Waals surface area contributed by atoms with Gasteiger partial charge in [0.1, 0.15) is 0 Å². The predicted molar refractivity (Wildman–Crippen MR) is 73.6 cm³/mol. The van der Waals surface area contributed by atoms with Gasteiger partial charge in [-0.2, -0.15) is 4.98 Å². The number of rotatable bonds is 7. The van der Waals surface area contributed by atoms with Crippen LogP contribution >= 0.6 is 0 Å². The van der Waals surface area contributed by atoms with Gasteiger partial charge >= 0.3 is 0 Å². The van der Waals surface area contributed by atoms with Crippen molar-refractivity contribution in [2.75, 3.05) is 6.61 Å². The molecule has 0 amide bonds. The van der Waals surface area contributed by atoms with Crippen LogP contribution in [0.5, 0.6) is 11.5 Å². The second-order valence-electron chi connectivity index (χ2n) is 4.53. The van der Waals surface area contributed by atoms with Crippen LogP contribution in [0.4, 0.5) is 0 Å². The van der Waals surface area contributed by atoms with Crippen molar-refractivity contribution in [2.45, 2.75) is 32.9 Å². The van der Waals surface area contributed by atoms with Crippen molar-refractivity contribution < 1.29 is 14.0 Å². The first kappa shape index (κ1) is 14.3. The summed E-state index contributed by atoms with van der Waals surface area (Å²) in [7, 11) is 0. The zero-order valence-electron chi connectivity index (χ0n) is 11.7. The Morgan fingerprint density at radius 1 is 1.30 bits per heavy atom. The van der Waals surface area contributed by atoms with E-state index in [1.165, 1.54) is 6.39 Å². The summed E-state index contributed by atoms with van der Waals surface area (Å²) in [5.74, 6) is 1.85. The van der Waals surface area contributed by atoms with E-state index in [4.69, 9.17) is 15.2 Å². The second-order valence-corrected chi connectivity index (χ2v) is 4.53. The van der Waals surface area contributed by atoms with E-state index in [9.17, 15) is 0 Å². The molecule has 1 aromatic carbocycles. The molecular formula is C14H19N3O3. The van der Waals surface area contributed by atoms with Crippen molar-refractivity contribution in [1.29, 1.82) is 0 Å². The van der Waals surface area contributed by atoms with Gasteiger partial charge in [-0.3, -0.25) is 0 Å². The summed E-state index contributed by atoms with van der Waals surface area (Å²) in [5.41, 5.74) is 6.93. The first-order valence-electron chi connectivity index (χ1n) is 6.58. The second kappa shape index (κ2) is 6.91. The van der Waals surface area contributed by atoms with Gasteiger partial charge in [0.05, 0.1) is 6.61 Å². The summed E-state index contributed by atoms with van der Waals surface area (Å²) in [6.07, 6.45) is 2.07. The Balaban J connectivity index is 2.10. The summed E-state index contributed by atoms with van der Waals surface area (Å²) in [5, 5.41) is 3.70. The molecule has 20 heavy (non-hydrogen) atoms. The van der Waals surface area contributed by atoms with E-state index in [1.807, 2.05) is 32.0 Å². The fourth-order valence-corrected chi connectivity index (χ4v) is 1.84. The van der Waals surface area contributed by atoms with Crippen LogP contribution < -0.4 is 15.2 Å². The van der Waals surface area contributed by atoms with E-state index >= 15 is 0 Å². The van der Waals surface area contributed by atoms with Crippen molar-refractivity contribution in [3.05, 3.63) is 36.0 Å². The standard InChI is InChI=1S/C14H19N3O3/c1-3-18-13-7-11(6-10(2)15)4-5-12(13)19-8-14-16-9-20-17-14/h4-5,7,9-10H,3,6,8,15H2,1-2H3. The number of benzene rings is 1. The zero-order chi connectivity index (χ0) is 14.4. The largest absolute Gasteiger partial charge is 0.490 e. The van der Waals surface area contributed by atoms with E-state index in [2.05, 4.69) is 14.7 Å². The van der Waals surface area contributed by atoms with Gasteiger partial charge in [0.15, 0.2) is 18.1 Å². The Labute approximate surface area is 117 Å². The normalized spacial score (nSPS) is 12.2. The average Bonchev–Trinajstić information content (AvgIpc) is 2.90. The van der Waals surface area contributed by atoms with E-state index in [1.54, 1.807) is 0 Å². The molecule has 2 N–H and O–H groups in total. The lowest BCUT2D eigenvalue weighted by molar-refractivity contribution is 0.258. The number of aromatic nitrogens is 2. The van der Waals surface area contributed by atoms with Crippen LogP contribution in [0.25, 0.3) is 0 Å². The fraction of sp³-hybridized carbons (Fsp3) is 0.429. The highest BCUT2D eigenvalue weighted by atomic mass is 16.5. The Hall–Kier alpha value is -2.08. The third kappa shape index (κ3) is 3.96. The molecule has 0 radical (unpaired) electrons. The number of hydrogen-bond acceptors (Lipinski definition) is 6. The summed E-state index contributed by atoms with van der Waals surface area (Å²) in [6, 6.07) is 5.93. The van der Waals surface area contributed by atoms with E-state index in [0.717, 1.165) is 12.0 Å². The Kier molecular flexibility index (Phi) is 4.95. The zero-order valence-corrected chi connectivity index (χ0v) is 11.7. The quantitative estimate of drug-likeness (QED) is 0.832. The number of ether oxygens (including phenoxy) is 2. The fourth-order valence-electron chi connectivity index (χ4n) is 1.84. The molecule has 2 aromatic rings. The summed E-state index contributed by atoms with van der Waals surface area (Å²) in [4.78, 5) is 3.90. The molecule has 1 atom stereocenters. The predicted octanol–water partition coefficient (Wildman–Crippen LogP) is 1.94. The molecule has 1 heterocycles. The Morgan fingerprint density at radius 3 is 2.80 bits per heavy atom. The third-order valence-corrected chi connectivity index (χ3v) is 2.63. The maximum Gasteiger partial charge on any atom is 0.213 e. The highest BCUT2D eigenvalue weighted by molar-refractivity contribution is 5.43. The molecule has 0 saturated carbocycles. The van der Waals surface area contributed by atoms with Crippen LogP contribution in [-0.2, 0) is 13.0 Å².